The molecule has 6 aromatic carbocycles. The molecule has 0 bridgehead atoms. The molecule has 0 radical (unpaired) electrons. The number of carbonyl (C=O) groups is 4. The molecule has 6 nitrogen and oxygen atoms in total. The van der Waals surface area contributed by atoms with Crippen molar-refractivity contribution in [1.82, 2.24) is 0 Å². The lowest BCUT2D eigenvalue weighted by molar-refractivity contribution is -0.132. The van der Waals surface area contributed by atoms with Crippen molar-refractivity contribution in [3.8, 4) is 11.1 Å². The molecule has 0 aliphatic rings. The molecule has 0 atom stereocenters. The van der Waals surface area contributed by atoms with Crippen molar-refractivity contribution in [2.24, 2.45) is 0 Å². The molecule has 0 aliphatic heterocycles. The quantitative estimate of drug-likeness (QED) is 0.101. The number of hydrogen-bond acceptors (Lipinski definition) is 4. The Bertz CT molecular complexity index is 2190. The van der Waals surface area contributed by atoms with Crippen LogP contribution in [0.2, 0.25) is 0 Å². The highest BCUT2D eigenvalue weighted by molar-refractivity contribution is 5.98. The molecular weight excluding hydrogens is 624 g/mol. The molecule has 6 heteroatoms. The predicted octanol–water partition coefficient (Wildman–Crippen LogP) is 8.52. The lowest BCUT2D eigenvalue weighted by Crippen LogP contribution is -2.25. The topological polar surface area (TPSA) is 109 Å². The number of carboxylic acids is 2. The van der Waals surface area contributed by atoms with Crippen LogP contribution < -0.4 is 0 Å². The fraction of sp³-hybridized carbons (Fsp3) is 0.0909. The van der Waals surface area contributed by atoms with Crippen LogP contribution in [-0.2, 0) is 37.4 Å². The Balaban J connectivity index is 1.39. The Labute approximate surface area is 289 Å². The molecule has 0 aliphatic carbocycles. The number of rotatable bonds is 12. The van der Waals surface area contributed by atoms with Crippen LogP contribution in [0.5, 0.6) is 0 Å². The number of carboxylic acid groups (broad SMARTS) is 2. The molecular formula is C44H34O6. The Morgan fingerprint density at radius 3 is 1.34 bits per heavy atom. The molecule has 0 spiro atoms. The Hall–Kier alpha value is -6.40. The molecule has 0 unspecified atom stereocenters. The molecule has 0 amide bonds. The van der Waals surface area contributed by atoms with Crippen LogP contribution in [-0.4, -0.2) is 33.7 Å². The van der Waals surface area contributed by atoms with Crippen molar-refractivity contribution in [3.63, 3.8) is 0 Å². The van der Waals surface area contributed by atoms with Crippen molar-refractivity contribution < 1.29 is 29.4 Å². The zero-order chi connectivity index (χ0) is 35.3. The third-order valence-electron chi connectivity index (χ3n) is 9.11. The maximum atomic E-state index is 12.3. The van der Waals surface area contributed by atoms with Gasteiger partial charge in [0.1, 0.15) is 0 Å². The van der Waals surface area contributed by atoms with Gasteiger partial charge in [-0.1, -0.05) is 115 Å². The third kappa shape index (κ3) is 7.50. The Morgan fingerprint density at radius 1 is 0.480 bits per heavy atom. The maximum Gasteiger partial charge on any atom is 0.328 e. The second-order valence-electron chi connectivity index (χ2n) is 12.5. The van der Waals surface area contributed by atoms with Crippen molar-refractivity contribution in [1.29, 1.82) is 0 Å². The highest BCUT2D eigenvalue weighted by Crippen LogP contribution is 2.41. The van der Waals surface area contributed by atoms with E-state index in [-0.39, 0.29) is 24.4 Å². The SMILES string of the molecule is CC(c1ccc(-c2ccccc2)cc1)(c1ccc2cc(CC(=O)/C=C/C(=O)O)ccc2c1)c1ccc2cc(CC(=O)/C=C/C(=O)O)ccc2c1. The lowest BCUT2D eigenvalue weighted by Gasteiger charge is -2.33. The summed E-state index contributed by atoms with van der Waals surface area (Å²) in [6.45, 7) is 2.22. The van der Waals surface area contributed by atoms with Crippen LogP contribution in [0.3, 0.4) is 0 Å². The van der Waals surface area contributed by atoms with Gasteiger partial charge in [-0.05, 0) is 91.7 Å². The number of allylic oxidation sites excluding steroid dienone is 2. The van der Waals surface area contributed by atoms with Gasteiger partial charge in [0.25, 0.3) is 0 Å². The molecule has 0 saturated carbocycles. The summed E-state index contributed by atoms with van der Waals surface area (Å²) < 4.78 is 0. The summed E-state index contributed by atoms with van der Waals surface area (Å²) in [7, 11) is 0. The lowest BCUT2D eigenvalue weighted by atomic mass is 9.70. The highest BCUT2D eigenvalue weighted by atomic mass is 16.4. The van der Waals surface area contributed by atoms with Gasteiger partial charge in [0.15, 0.2) is 11.6 Å². The van der Waals surface area contributed by atoms with Crippen molar-refractivity contribution in [2.75, 3.05) is 0 Å². The van der Waals surface area contributed by atoms with Crippen molar-refractivity contribution >= 4 is 45.0 Å². The minimum absolute atomic E-state index is 0.110. The standard InChI is InChI=1S/C44H34O6/c1-44(37-15-11-32(12-16-37)31-5-3-2-4-6-31,38-17-13-33-23-29(7-9-35(33)27-38)25-40(45)19-21-42(47)48)39-18-14-34-24-30(8-10-36(34)28-39)26-41(46)20-22-43(49)50/h2-24,27-28H,25-26H2,1H3,(H,47,48)(H,49,50)/b21-19+,22-20+. The number of aliphatic carboxylic acids is 2. The summed E-state index contributed by atoms with van der Waals surface area (Å²) in [6.07, 6.45) is 4.12. The highest BCUT2D eigenvalue weighted by Gasteiger charge is 2.32. The van der Waals surface area contributed by atoms with Gasteiger partial charge in [-0.15, -0.1) is 0 Å². The molecule has 0 saturated heterocycles. The van der Waals surface area contributed by atoms with E-state index >= 15 is 0 Å². The summed E-state index contributed by atoms with van der Waals surface area (Å²) in [5.74, 6) is -2.87. The summed E-state index contributed by atoms with van der Waals surface area (Å²) in [5.41, 5.74) is 6.57. The van der Waals surface area contributed by atoms with Gasteiger partial charge in [0, 0.05) is 30.4 Å². The van der Waals surface area contributed by atoms with Gasteiger partial charge < -0.3 is 10.2 Å². The molecule has 0 heterocycles. The first kappa shape index (κ1) is 33.5. The van der Waals surface area contributed by atoms with Crippen LogP contribution in [0.25, 0.3) is 32.7 Å². The van der Waals surface area contributed by atoms with Gasteiger partial charge in [-0.3, -0.25) is 9.59 Å². The zero-order valence-electron chi connectivity index (χ0n) is 27.4. The minimum Gasteiger partial charge on any atom is -0.478 e. The average Bonchev–Trinajstić information content (AvgIpc) is 3.12. The summed E-state index contributed by atoms with van der Waals surface area (Å²) >= 11 is 0. The molecule has 246 valence electrons. The first-order valence-corrected chi connectivity index (χ1v) is 16.2. The average molecular weight is 659 g/mol. The maximum absolute atomic E-state index is 12.3. The second kappa shape index (κ2) is 14.4. The summed E-state index contributed by atoms with van der Waals surface area (Å²) in [6, 6.07) is 43.3. The van der Waals surface area contributed by atoms with Crippen LogP contribution in [0.15, 0.2) is 152 Å². The largest absolute Gasteiger partial charge is 0.478 e. The van der Waals surface area contributed by atoms with E-state index in [1.165, 1.54) is 0 Å². The van der Waals surface area contributed by atoms with Crippen molar-refractivity contribution in [3.05, 3.63) is 180 Å². The molecule has 6 aromatic rings. The van der Waals surface area contributed by atoms with Crippen LogP contribution in [0.1, 0.15) is 34.7 Å². The molecule has 50 heavy (non-hydrogen) atoms. The summed E-state index contributed by atoms with van der Waals surface area (Å²) in [5, 5.41) is 21.7. The van der Waals surface area contributed by atoms with E-state index < -0.39 is 17.4 Å². The van der Waals surface area contributed by atoms with Gasteiger partial charge in [0.05, 0.1) is 0 Å². The van der Waals surface area contributed by atoms with E-state index in [0.717, 1.165) is 84.8 Å². The molecule has 6 rings (SSSR count). The first-order valence-electron chi connectivity index (χ1n) is 16.2. The normalized spacial score (nSPS) is 11.8. The fourth-order valence-corrected chi connectivity index (χ4v) is 6.41. The van der Waals surface area contributed by atoms with Crippen LogP contribution in [0.4, 0.5) is 0 Å². The van der Waals surface area contributed by atoms with Crippen LogP contribution in [0, 0.1) is 0 Å². The van der Waals surface area contributed by atoms with Gasteiger partial charge in [-0.25, -0.2) is 9.59 Å². The number of benzene rings is 6. The predicted molar refractivity (Wildman–Crippen MR) is 196 cm³/mol. The van der Waals surface area contributed by atoms with Gasteiger partial charge in [0.2, 0.25) is 0 Å². The fourth-order valence-electron chi connectivity index (χ4n) is 6.41. The zero-order valence-corrected chi connectivity index (χ0v) is 27.4. The smallest absolute Gasteiger partial charge is 0.328 e. The second-order valence-corrected chi connectivity index (χ2v) is 12.5. The van der Waals surface area contributed by atoms with E-state index in [1.807, 2.05) is 54.6 Å². The van der Waals surface area contributed by atoms with Crippen molar-refractivity contribution in [2.45, 2.75) is 25.2 Å². The van der Waals surface area contributed by atoms with E-state index in [2.05, 4.69) is 79.7 Å². The number of hydrogen-bond donors (Lipinski definition) is 2. The third-order valence-corrected chi connectivity index (χ3v) is 9.11. The number of fused-ring (bicyclic) bond motifs is 2. The Kier molecular flexibility index (Phi) is 9.63. The number of carbonyl (C=O) groups excluding carboxylic acids is 2. The molecule has 0 aromatic heterocycles. The van der Waals surface area contributed by atoms with E-state index in [0.29, 0.717) is 0 Å². The Morgan fingerprint density at radius 2 is 0.880 bits per heavy atom. The van der Waals surface area contributed by atoms with Gasteiger partial charge in [-0.2, -0.15) is 0 Å². The van der Waals surface area contributed by atoms with E-state index in [1.54, 1.807) is 0 Å². The molecule has 0 fully saturated rings. The summed E-state index contributed by atoms with van der Waals surface area (Å²) in [4.78, 5) is 46.2. The van der Waals surface area contributed by atoms with E-state index in [9.17, 15) is 19.2 Å². The van der Waals surface area contributed by atoms with Gasteiger partial charge >= 0.3 is 11.9 Å². The first-order chi connectivity index (χ1) is 24.1. The minimum atomic E-state index is -1.16. The monoisotopic (exact) mass is 658 g/mol. The van der Waals surface area contributed by atoms with Crippen LogP contribution >= 0.6 is 0 Å². The van der Waals surface area contributed by atoms with E-state index in [4.69, 9.17) is 10.2 Å². The number of ketones is 2. The molecule has 2 N–H and O–H groups in total.